The van der Waals surface area contributed by atoms with Crippen molar-refractivity contribution in [3.63, 3.8) is 0 Å². The Morgan fingerprint density at radius 2 is 2.38 bits per heavy atom. The minimum absolute atomic E-state index is 0.271. The number of rotatable bonds is 1. The molecule has 1 atom stereocenters. The van der Waals surface area contributed by atoms with E-state index in [0.29, 0.717) is 11.5 Å². The maximum atomic E-state index is 8.66. The second kappa shape index (κ2) is 1.71. The van der Waals surface area contributed by atoms with Crippen molar-refractivity contribution in [1.29, 1.82) is 0 Å². The summed E-state index contributed by atoms with van der Waals surface area (Å²) in [6, 6.07) is 0.336. The molecule has 2 nitrogen and oxygen atoms in total. The van der Waals surface area contributed by atoms with Crippen molar-refractivity contribution in [2.45, 2.75) is 19.9 Å². The summed E-state index contributed by atoms with van der Waals surface area (Å²) in [5.41, 5.74) is 0.328. The van der Waals surface area contributed by atoms with Crippen LogP contribution < -0.4 is 5.32 Å². The Morgan fingerprint density at radius 1 is 1.75 bits per heavy atom. The van der Waals surface area contributed by atoms with Crippen LogP contribution >= 0.6 is 0 Å². The summed E-state index contributed by atoms with van der Waals surface area (Å²) in [4.78, 5) is 0. The van der Waals surface area contributed by atoms with Gasteiger partial charge in [-0.25, -0.2) is 0 Å². The first kappa shape index (κ1) is 6.05. The van der Waals surface area contributed by atoms with Crippen LogP contribution in [-0.4, -0.2) is 24.3 Å². The molecule has 1 heterocycles. The maximum Gasteiger partial charge on any atom is 0.0590 e. The molecule has 0 aliphatic carbocycles. The van der Waals surface area contributed by atoms with Crippen LogP contribution in [0.4, 0.5) is 0 Å². The van der Waals surface area contributed by atoms with Crippen LogP contribution in [0.2, 0.25) is 0 Å². The van der Waals surface area contributed by atoms with Gasteiger partial charge in [0, 0.05) is 12.6 Å². The quantitative estimate of drug-likeness (QED) is 0.503. The van der Waals surface area contributed by atoms with Crippen LogP contribution in [0.5, 0.6) is 0 Å². The fourth-order valence-electron chi connectivity index (χ4n) is 0.966. The molecule has 0 saturated carbocycles. The van der Waals surface area contributed by atoms with Gasteiger partial charge in [-0.15, -0.1) is 0 Å². The zero-order valence-corrected chi connectivity index (χ0v) is 5.44. The third-order valence-corrected chi connectivity index (χ3v) is 1.93. The molecular weight excluding hydrogens is 102 g/mol. The first-order valence-electron chi connectivity index (χ1n) is 3.01. The first-order chi connectivity index (χ1) is 3.67. The van der Waals surface area contributed by atoms with Gasteiger partial charge in [0.15, 0.2) is 0 Å². The summed E-state index contributed by atoms with van der Waals surface area (Å²) in [6.07, 6.45) is 0. The van der Waals surface area contributed by atoms with Crippen LogP contribution in [0.15, 0.2) is 0 Å². The molecular formula is C6H13NO. The maximum absolute atomic E-state index is 8.66. The predicted octanol–water partition coefficient (Wildman–Crippen LogP) is -0.0233. The van der Waals surface area contributed by atoms with Gasteiger partial charge in [-0.1, -0.05) is 13.8 Å². The van der Waals surface area contributed by atoms with E-state index in [4.69, 9.17) is 5.11 Å². The van der Waals surface area contributed by atoms with E-state index in [1.807, 2.05) is 0 Å². The van der Waals surface area contributed by atoms with E-state index < -0.39 is 0 Å². The fourth-order valence-corrected chi connectivity index (χ4v) is 0.966. The van der Waals surface area contributed by atoms with Crippen LogP contribution in [0.25, 0.3) is 0 Å². The van der Waals surface area contributed by atoms with Crippen molar-refractivity contribution >= 4 is 0 Å². The lowest BCUT2D eigenvalue weighted by atomic mass is 9.78. The Bertz CT molecular complexity index is 88.5. The van der Waals surface area contributed by atoms with Crippen LogP contribution in [0.1, 0.15) is 13.8 Å². The molecule has 1 fully saturated rings. The van der Waals surface area contributed by atoms with Gasteiger partial charge in [0.1, 0.15) is 0 Å². The number of hydrogen-bond acceptors (Lipinski definition) is 2. The molecule has 0 aromatic carbocycles. The highest BCUT2D eigenvalue weighted by atomic mass is 16.3. The third kappa shape index (κ3) is 0.740. The summed E-state index contributed by atoms with van der Waals surface area (Å²) in [5, 5.41) is 11.8. The highest BCUT2D eigenvalue weighted by Gasteiger charge is 2.36. The number of hydrogen-bond donors (Lipinski definition) is 2. The lowest BCUT2D eigenvalue weighted by molar-refractivity contribution is 0.0691. The minimum Gasteiger partial charge on any atom is -0.395 e. The summed E-state index contributed by atoms with van der Waals surface area (Å²) < 4.78 is 0. The van der Waals surface area contributed by atoms with Gasteiger partial charge in [0.2, 0.25) is 0 Å². The molecule has 2 heteroatoms. The van der Waals surface area contributed by atoms with E-state index in [2.05, 4.69) is 19.2 Å². The van der Waals surface area contributed by atoms with Gasteiger partial charge in [-0.05, 0) is 5.41 Å². The number of aliphatic hydroxyl groups excluding tert-OH is 1. The van der Waals surface area contributed by atoms with Crippen molar-refractivity contribution in [3.8, 4) is 0 Å². The Balaban J connectivity index is 2.37. The normalized spacial score (nSPS) is 34.1. The van der Waals surface area contributed by atoms with Crippen molar-refractivity contribution in [1.82, 2.24) is 5.32 Å². The Morgan fingerprint density at radius 3 is 2.38 bits per heavy atom. The van der Waals surface area contributed by atoms with Gasteiger partial charge in [0.25, 0.3) is 0 Å². The minimum atomic E-state index is 0.271. The van der Waals surface area contributed by atoms with E-state index in [1.165, 1.54) is 0 Å². The molecule has 0 unspecified atom stereocenters. The molecule has 0 radical (unpaired) electrons. The van der Waals surface area contributed by atoms with Crippen molar-refractivity contribution in [2.75, 3.05) is 13.2 Å². The van der Waals surface area contributed by atoms with E-state index in [-0.39, 0.29) is 6.61 Å². The second-order valence-corrected chi connectivity index (χ2v) is 3.10. The van der Waals surface area contributed by atoms with Crippen LogP contribution in [0.3, 0.4) is 0 Å². The largest absolute Gasteiger partial charge is 0.395 e. The first-order valence-corrected chi connectivity index (χ1v) is 3.01. The lowest BCUT2D eigenvalue weighted by Gasteiger charge is -2.44. The molecule has 1 rings (SSSR count). The molecule has 1 aliphatic heterocycles. The smallest absolute Gasteiger partial charge is 0.0590 e. The zero-order valence-electron chi connectivity index (χ0n) is 5.44. The number of aliphatic hydroxyl groups is 1. The molecule has 0 spiro atoms. The molecule has 1 saturated heterocycles. The van der Waals surface area contributed by atoms with E-state index in [0.717, 1.165) is 6.54 Å². The van der Waals surface area contributed by atoms with Gasteiger partial charge in [-0.3, -0.25) is 0 Å². The molecule has 0 aromatic rings. The van der Waals surface area contributed by atoms with E-state index >= 15 is 0 Å². The average Bonchev–Trinajstić information content (AvgIpc) is 1.66. The van der Waals surface area contributed by atoms with E-state index in [9.17, 15) is 0 Å². The second-order valence-electron chi connectivity index (χ2n) is 3.10. The van der Waals surface area contributed by atoms with Crippen molar-refractivity contribution in [2.24, 2.45) is 5.41 Å². The van der Waals surface area contributed by atoms with E-state index in [1.54, 1.807) is 0 Å². The molecule has 0 aromatic heterocycles. The van der Waals surface area contributed by atoms with Gasteiger partial charge in [0.05, 0.1) is 6.61 Å². The Hall–Kier alpha value is -0.0800. The molecule has 8 heavy (non-hydrogen) atoms. The zero-order chi connectivity index (χ0) is 6.20. The lowest BCUT2D eigenvalue weighted by Crippen LogP contribution is -2.61. The van der Waals surface area contributed by atoms with Gasteiger partial charge >= 0.3 is 0 Å². The van der Waals surface area contributed by atoms with Crippen molar-refractivity contribution < 1.29 is 5.11 Å². The summed E-state index contributed by atoms with van der Waals surface area (Å²) in [7, 11) is 0. The Kier molecular flexibility index (Phi) is 1.29. The predicted molar refractivity (Wildman–Crippen MR) is 32.7 cm³/mol. The molecule has 0 bridgehead atoms. The molecule has 2 N–H and O–H groups in total. The molecule has 1 aliphatic rings. The highest BCUT2D eigenvalue weighted by Crippen LogP contribution is 2.26. The Labute approximate surface area is 49.9 Å². The average molecular weight is 115 g/mol. The SMILES string of the molecule is CC1(C)CN[C@@H]1CO. The molecule has 48 valence electrons. The standard InChI is InChI=1S/C6H13NO/c1-6(2)4-7-5(6)3-8/h5,7-8H,3-4H2,1-2H3/t5-/m1/s1. The van der Waals surface area contributed by atoms with Crippen LogP contribution in [0, 0.1) is 5.41 Å². The van der Waals surface area contributed by atoms with Crippen LogP contribution in [-0.2, 0) is 0 Å². The monoisotopic (exact) mass is 115 g/mol. The fraction of sp³-hybridized carbons (Fsp3) is 1.00. The van der Waals surface area contributed by atoms with Gasteiger partial charge < -0.3 is 10.4 Å². The number of nitrogens with one attached hydrogen (secondary N) is 1. The van der Waals surface area contributed by atoms with Crippen molar-refractivity contribution in [3.05, 3.63) is 0 Å². The van der Waals surface area contributed by atoms with Gasteiger partial charge in [-0.2, -0.15) is 0 Å². The highest BCUT2D eigenvalue weighted by molar-refractivity contribution is 4.94. The topological polar surface area (TPSA) is 32.3 Å². The summed E-state index contributed by atoms with van der Waals surface area (Å²) in [6.45, 7) is 5.62. The molecule has 0 amide bonds. The third-order valence-electron chi connectivity index (χ3n) is 1.93. The summed E-state index contributed by atoms with van der Waals surface area (Å²) >= 11 is 0. The summed E-state index contributed by atoms with van der Waals surface area (Å²) in [5.74, 6) is 0.